The Hall–Kier alpha value is -4.58. The smallest absolute Gasteiger partial charge is 0.344 e. The average molecular weight is 511 g/mol. The molecule has 1 atom stereocenters. The lowest BCUT2D eigenvalue weighted by Gasteiger charge is -2.16. The van der Waals surface area contributed by atoms with Crippen LogP contribution in [-0.2, 0) is 11.2 Å². The van der Waals surface area contributed by atoms with Gasteiger partial charge in [0, 0.05) is 11.6 Å². The molecular formula is C32H30O6. The van der Waals surface area contributed by atoms with Crippen molar-refractivity contribution in [2.45, 2.75) is 25.9 Å². The second kappa shape index (κ2) is 12.1. The van der Waals surface area contributed by atoms with Gasteiger partial charge in [-0.05, 0) is 72.9 Å². The van der Waals surface area contributed by atoms with Crippen molar-refractivity contribution < 1.29 is 28.9 Å². The van der Waals surface area contributed by atoms with Crippen LogP contribution in [0.4, 0.5) is 0 Å². The molecule has 4 rings (SSSR count). The van der Waals surface area contributed by atoms with Gasteiger partial charge >= 0.3 is 5.97 Å². The molecule has 0 fully saturated rings. The summed E-state index contributed by atoms with van der Waals surface area (Å²) < 4.78 is 16.3. The van der Waals surface area contributed by atoms with Gasteiger partial charge in [0.15, 0.2) is 11.9 Å². The number of ketones is 1. The molecule has 4 aromatic carbocycles. The highest BCUT2D eigenvalue weighted by molar-refractivity contribution is 6.10. The van der Waals surface area contributed by atoms with Crippen LogP contribution in [-0.4, -0.2) is 37.2 Å². The predicted molar refractivity (Wildman–Crippen MR) is 146 cm³/mol. The lowest BCUT2D eigenvalue weighted by atomic mass is 10.0. The van der Waals surface area contributed by atoms with Gasteiger partial charge in [0.2, 0.25) is 0 Å². The van der Waals surface area contributed by atoms with Crippen LogP contribution < -0.4 is 14.2 Å². The van der Waals surface area contributed by atoms with E-state index >= 15 is 0 Å². The molecule has 0 radical (unpaired) electrons. The highest BCUT2D eigenvalue weighted by Gasteiger charge is 2.20. The number of carboxylic acid groups (broad SMARTS) is 1. The molecule has 38 heavy (non-hydrogen) atoms. The lowest BCUT2D eigenvalue weighted by Crippen LogP contribution is -2.27. The summed E-state index contributed by atoms with van der Waals surface area (Å²) in [5.41, 5.74) is 5.33. The average Bonchev–Trinajstić information content (AvgIpc) is 2.95. The summed E-state index contributed by atoms with van der Waals surface area (Å²) >= 11 is 0. The third kappa shape index (κ3) is 6.40. The zero-order valence-electron chi connectivity index (χ0n) is 21.6. The van der Waals surface area contributed by atoms with Crippen LogP contribution in [0.15, 0.2) is 91.0 Å². The lowest BCUT2D eigenvalue weighted by molar-refractivity contribution is -0.145. The number of methoxy groups -OCH3 is 2. The van der Waals surface area contributed by atoms with E-state index in [0.29, 0.717) is 41.2 Å². The van der Waals surface area contributed by atoms with Gasteiger partial charge in [0.25, 0.3) is 0 Å². The van der Waals surface area contributed by atoms with Crippen molar-refractivity contribution in [3.63, 3.8) is 0 Å². The first kappa shape index (κ1) is 26.5. The fourth-order valence-corrected chi connectivity index (χ4v) is 4.13. The largest absolute Gasteiger partial charge is 0.497 e. The van der Waals surface area contributed by atoms with Crippen LogP contribution in [0.25, 0.3) is 11.1 Å². The first-order valence-electron chi connectivity index (χ1n) is 12.3. The van der Waals surface area contributed by atoms with Gasteiger partial charge in [0.05, 0.1) is 19.8 Å². The van der Waals surface area contributed by atoms with Gasteiger partial charge in [-0.15, -0.1) is 0 Å². The number of hydrogen-bond donors (Lipinski definition) is 1. The molecule has 0 amide bonds. The van der Waals surface area contributed by atoms with Crippen LogP contribution in [0, 0.1) is 6.92 Å². The molecule has 0 aliphatic rings. The van der Waals surface area contributed by atoms with Gasteiger partial charge in [-0.3, -0.25) is 4.79 Å². The molecule has 194 valence electrons. The van der Waals surface area contributed by atoms with E-state index in [1.54, 1.807) is 49.6 Å². The van der Waals surface area contributed by atoms with Gasteiger partial charge in [-0.25, -0.2) is 4.79 Å². The van der Waals surface area contributed by atoms with Gasteiger partial charge in [0.1, 0.15) is 17.2 Å². The molecule has 0 saturated carbocycles. The molecule has 6 heteroatoms. The maximum atomic E-state index is 13.0. The first-order valence-corrected chi connectivity index (χ1v) is 12.3. The molecule has 0 aromatic heterocycles. The molecule has 0 saturated heterocycles. The van der Waals surface area contributed by atoms with Crippen LogP contribution in [0.2, 0.25) is 0 Å². The number of rotatable bonds is 11. The minimum atomic E-state index is -1.04. The highest BCUT2D eigenvalue weighted by atomic mass is 16.5. The van der Waals surface area contributed by atoms with Crippen molar-refractivity contribution in [2.75, 3.05) is 14.2 Å². The van der Waals surface area contributed by atoms with E-state index < -0.39 is 12.1 Å². The summed E-state index contributed by atoms with van der Waals surface area (Å²) in [7, 11) is 3.04. The van der Waals surface area contributed by atoms with Crippen LogP contribution in [0.3, 0.4) is 0 Å². The Morgan fingerprint density at radius 2 is 1.37 bits per heavy atom. The molecular weight excluding hydrogens is 480 g/mol. The maximum absolute atomic E-state index is 13.0. The van der Waals surface area contributed by atoms with Crippen LogP contribution in [0.1, 0.15) is 33.5 Å². The minimum Gasteiger partial charge on any atom is -0.497 e. The highest BCUT2D eigenvalue weighted by Crippen LogP contribution is 2.28. The number of ether oxygens (including phenoxy) is 3. The number of aliphatic carboxylic acids is 1. The van der Waals surface area contributed by atoms with Crippen molar-refractivity contribution in [1.29, 1.82) is 0 Å². The summed E-state index contributed by atoms with van der Waals surface area (Å²) in [6.07, 6.45) is -0.155. The van der Waals surface area contributed by atoms with E-state index in [2.05, 4.69) is 31.2 Å². The van der Waals surface area contributed by atoms with Crippen molar-refractivity contribution in [3.8, 4) is 28.4 Å². The number of carbonyl (C=O) groups excluding carboxylic acids is 1. The van der Waals surface area contributed by atoms with E-state index in [9.17, 15) is 14.7 Å². The monoisotopic (exact) mass is 510 g/mol. The molecule has 0 spiro atoms. The maximum Gasteiger partial charge on any atom is 0.344 e. The quantitative estimate of drug-likeness (QED) is 0.236. The normalized spacial score (nSPS) is 11.4. The molecule has 4 aromatic rings. The number of aryl methyl sites for hydroxylation is 2. The molecule has 0 heterocycles. The van der Waals surface area contributed by atoms with E-state index in [4.69, 9.17) is 14.2 Å². The van der Waals surface area contributed by atoms with Gasteiger partial charge in [-0.2, -0.15) is 0 Å². The summed E-state index contributed by atoms with van der Waals surface area (Å²) in [5, 5.41) is 9.72. The number of carbonyl (C=O) groups is 2. The van der Waals surface area contributed by atoms with Gasteiger partial charge in [-0.1, -0.05) is 54.1 Å². The number of carboxylic acids is 1. The molecule has 1 unspecified atom stereocenters. The zero-order valence-corrected chi connectivity index (χ0v) is 21.6. The van der Waals surface area contributed by atoms with Crippen molar-refractivity contribution in [3.05, 3.63) is 113 Å². The van der Waals surface area contributed by atoms with Crippen molar-refractivity contribution in [1.82, 2.24) is 0 Å². The second-order valence-corrected chi connectivity index (χ2v) is 8.97. The van der Waals surface area contributed by atoms with Crippen molar-refractivity contribution >= 4 is 11.8 Å². The Balaban J connectivity index is 1.39. The Labute approximate surface area is 222 Å². The summed E-state index contributed by atoms with van der Waals surface area (Å²) in [4.78, 5) is 24.9. The Bertz CT molecular complexity index is 1390. The summed E-state index contributed by atoms with van der Waals surface area (Å²) in [6, 6.07) is 27.9. The SMILES string of the molecule is COc1ccc(C(=O)c2ccc(OC(CCc3ccc(-c4ccc(C)cc4)cc3)C(=O)O)cc2)c(OC)c1. The summed E-state index contributed by atoms with van der Waals surface area (Å²) in [5.74, 6) is 0.117. The molecule has 0 aliphatic heterocycles. The standard InChI is InChI=1S/C32H30O6/c1-21-4-9-23(10-5-21)24-11-6-22(7-12-24)8-19-29(32(34)35)38-26-15-13-25(14-16-26)31(33)28-18-17-27(36-2)20-30(28)37-3/h4-7,9-18,20,29H,8,19H2,1-3H3,(H,34,35). The fourth-order valence-electron chi connectivity index (χ4n) is 4.13. The van der Waals surface area contributed by atoms with Crippen LogP contribution in [0.5, 0.6) is 17.2 Å². The second-order valence-electron chi connectivity index (χ2n) is 8.97. The van der Waals surface area contributed by atoms with Crippen LogP contribution >= 0.6 is 0 Å². The third-order valence-electron chi connectivity index (χ3n) is 6.36. The Morgan fingerprint density at radius 1 is 0.763 bits per heavy atom. The number of hydrogen-bond acceptors (Lipinski definition) is 5. The van der Waals surface area contributed by atoms with E-state index in [1.807, 2.05) is 24.3 Å². The minimum absolute atomic E-state index is 0.222. The van der Waals surface area contributed by atoms with Gasteiger partial charge < -0.3 is 19.3 Å². The third-order valence-corrected chi connectivity index (χ3v) is 6.36. The molecule has 6 nitrogen and oxygen atoms in total. The van der Waals surface area contributed by atoms with Crippen molar-refractivity contribution in [2.24, 2.45) is 0 Å². The molecule has 0 aliphatic carbocycles. The predicted octanol–water partition coefficient (Wildman–Crippen LogP) is 6.38. The van der Waals surface area contributed by atoms with E-state index in [0.717, 1.165) is 16.7 Å². The van der Waals surface area contributed by atoms with E-state index in [-0.39, 0.29) is 5.78 Å². The van der Waals surface area contributed by atoms with E-state index in [1.165, 1.54) is 12.7 Å². The Kier molecular flexibility index (Phi) is 8.44. The summed E-state index contributed by atoms with van der Waals surface area (Å²) in [6.45, 7) is 2.06. The number of benzene rings is 4. The topological polar surface area (TPSA) is 82.1 Å². The fraction of sp³-hybridized carbons (Fsp3) is 0.188. The Morgan fingerprint density at radius 3 is 1.95 bits per heavy atom. The molecule has 1 N–H and O–H groups in total. The zero-order chi connectivity index (χ0) is 27.1. The first-order chi connectivity index (χ1) is 18.4. The molecule has 0 bridgehead atoms.